The number of hydrogen-bond acceptors (Lipinski definition) is 6. The summed E-state index contributed by atoms with van der Waals surface area (Å²) in [6, 6.07) is 7.94. The second-order valence-corrected chi connectivity index (χ2v) is 4.71. The highest BCUT2D eigenvalue weighted by Crippen LogP contribution is 2.33. The smallest absolute Gasteiger partial charge is 0.244 e. The number of rotatable bonds is 2. The number of nitrogens with zero attached hydrogens (tertiary/aromatic N) is 3. The Hall–Kier alpha value is -2.39. The van der Waals surface area contributed by atoms with Crippen LogP contribution in [0.15, 0.2) is 35.2 Å². The largest absolute Gasteiger partial charge is 0.381 e. The highest BCUT2D eigenvalue weighted by molar-refractivity contribution is 5.88. The van der Waals surface area contributed by atoms with E-state index in [0.717, 1.165) is 5.69 Å². The summed E-state index contributed by atoms with van der Waals surface area (Å²) in [6.07, 6.45) is 4.68. The van der Waals surface area contributed by atoms with Crippen molar-refractivity contribution in [3.05, 3.63) is 35.9 Å². The SMILES string of the molecule is N#CC1(C2=N/C(=C/c3ccccn3)NO2)CCOCC1. The summed E-state index contributed by atoms with van der Waals surface area (Å²) in [7, 11) is 0. The molecule has 1 saturated heterocycles. The molecule has 0 aliphatic carbocycles. The minimum Gasteiger partial charge on any atom is -0.381 e. The fourth-order valence-corrected chi connectivity index (χ4v) is 2.22. The molecule has 6 nitrogen and oxygen atoms in total. The topological polar surface area (TPSA) is 79.5 Å². The molecule has 1 N–H and O–H groups in total. The van der Waals surface area contributed by atoms with E-state index in [1.165, 1.54) is 0 Å². The fourth-order valence-electron chi connectivity index (χ4n) is 2.22. The molecule has 102 valence electrons. The standard InChI is InChI=1S/C14H14N4O2/c15-10-14(4-7-19-8-5-14)13-17-12(18-20-13)9-11-3-1-2-6-16-11/h1-3,6,9,18H,4-5,7-8H2/b12-9-. The summed E-state index contributed by atoms with van der Waals surface area (Å²) in [5, 5.41) is 9.45. The van der Waals surface area contributed by atoms with Crippen LogP contribution in [0.4, 0.5) is 0 Å². The predicted octanol–water partition coefficient (Wildman–Crippen LogP) is 1.63. The van der Waals surface area contributed by atoms with Crippen molar-refractivity contribution in [2.45, 2.75) is 12.8 Å². The lowest BCUT2D eigenvalue weighted by atomic mass is 9.81. The zero-order valence-electron chi connectivity index (χ0n) is 10.9. The number of aromatic nitrogens is 1. The number of pyridine rings is 1. The Bertz CT molecular complexity index is 583. The molecule has 1 fully saturated rings. The van der Waals surface area contributed by atoms with Gasteiger partial charge in [0.05, 0.1) is 11.8 Å². The zero-order valence-corrected chi connectivity index (χ0v) is 10.9. The Morgan fingerprint density at radius 1 is 1.35 bits per heavy atom. The van der Waals surface area contributed by atoms with Gasteiger partial charge in [-0.05, 0) is 25.0 Å². The Labute approximate surface area is 116 Å². The minimum absolute atomic E-state index is 0.422. The number of hydroxylamine groups is 1. The summed E-state index contributed by atoms with van der Waals surface area (Å²) in [5.74, 6) is 0.977. The maximum Gasteiger partial charge on any atom is 0.244 e. The van der Waals surface area contributed by atoms with Crippen LogP contribution in [0, 0.1) is 16.7 Å². The highest BCUT2D eigenvalue weighted by Gasteiger charge is 2.42. The van der Waals surface area contributed by atoms with Crippen molar-refractivity contribution < 1.29 is 9.57 Å². The zero-order chi connectivity index (χ0) is 13.8. The quantitative estimate of drug-likeness (QED) is 0.883. The summed E-state index contributed by atoms with van der Waals surface area (Å²) < 4.78 is 5.30. The first-order valence-corrected chi connectivity index (χ1v) is 6.46. The Kier molecular flexibility index (Phi) is 3.35. The fraction of sp³-hybridized carbons (Fsp3) is 0.357. The molecule has 0 radical (unpaired) electrons. The lowest BCUT2D eigenvalue weighted by Gasteiger charge is -2.28. The van der Waals surface area contributed by atoms with E-state index in [4.69, 9.17) is 9.57 Å². The van der Waals surface area contributed by atoms with Crippen molar-refractivity contribution in [3.63, 3.8) is 0 Å². The van der Waals surface area contributed by atoms with Gasteiger partial charge in [0, 0.05) is 25.5 Å². The first-order chi connectivity index (χ1) is 9.82. The van der Waals surface area contributed by atoms with Gasteiger partial charge in [0.1, 0.15) is 5.41 Å². The number of nitrogens with one attached hydrogen (secondary N) is 1. The van der Waals surface area contributed by atoms with E-state index in [-0.39, 0.29) is 0 Å². The van der Waals surface area contributed by atoms with Crippen LogP contribution in [-0.2, 0) is 9.57 Å². The van der Waals surface area contributed by atoms with Crippen LogP contribution in [-0.4, -0.2) is 24.1 Å². The number of ether oxygens (including phenoxy) is 1. The van der Waals surface area contributed by atoms with Crippen molar-refractivity contribution in [3.8, 4) is 6.07 Å². The lowest BCUT2D eigenvalue weighted by molar-refractivity contribution is 0.0531. The van der Waals surface area contributed by atoms with Gasteiger partial charge in [0.15, 0.2) is 5.82 Å². The number of nitriles is 1. The monoisotopic (exact) mass is 270 g/mol. The van der Waals surface area contributed by atoms with Gasteiger partial charge in [0.2, 0.25) is 5.90 Å². The molecule has 3 heterocycles. The average molecular weight is 270 g/mol. The third-order valence-electron chi connectivity index (χ3n) is 3.42. The van der Waals surface area contributed by atoms with Crippen molar-refractivity contribution in [1.29, 1.82) is 5.26 Å². The van der Waals surface area contributed by atoms with Crippen LogP contribution in [0.2, 0.25) is 0 Å². The van der Waals surface area contributed by atoms with Crippen molar-refractivity contribution >= 4 is 12.0 Å². The van der Waals surface area contributed by atoms with E-state index < -0.39 is 5.41 Å². The van der Waals surface area contributed by atoms with Gasteiger partial charge >= 0.3 is 0 Å². The van der Waals surface area contributed by atoms with Gasteiger partial charge in [-0.2, -0.15) is 10.3 Å². The van der Waals surface area contributed by atoms with Crippen LogP contribution >= 0.6 is 0 Å². The molecular weight excluding hydrogens is 256 g/mol. The third-order valence-corrected chi connectivity index (χ3v) is 3.42. The predicted molar refractivity (Wildman–Crippen MR) is 72.0 cm³/mol. The van der Waals surface area contributed by atoms with Crippen LogP contribution in [0.3, 0.4) is 0 Å². The van der Waals surface area contributed by atoms with Crippen molar-refractivity contribution in [1.82, 2.24) is 10.5 Å². The average Bonchev–Trinajstić information content (AvgIpc) is 2.98. The molecule has 0 saturated carbocycles. The second kappa shape index (κ2) is 5.31. The molecular formula is C14H14N4O2. The van der Waals surface area contributed by atoms with Crippen LogP contribution in [0.1, 0.15) is 18.5 Å². The highest BCUT2D eigenvalue weighted by atomic mass is 16.7. The molecule has 2 aliphatic rings. The Balaban J connectivity index is 1.84. The molecule has 0 amide bonds. The third kappa shape index (κ3) is 2.36. The van der Waals surface area contributed by atoms with E-state index in [0.29, 0.717) is 37.8 Å². The molecule has 0 unspecified atom stereocenters. The van der Waals surface area contributed by atoms with Gasteiger partial charge in [0.25, 0.3) is 0 Å². The molecule has 0 aromatic carbocycles. The molecule has 0 atom stereocenters. The number of aliphatic imine (C=N–C) groups is 1. The van der Waals surface area contributed by atoms with Gasteiger partial charge in [-0.1, -0.05) is 6.07 Å². The van der Waals surface area contributed by atoms with Crippen molar-refractivity contribution in [2.24, 2.45) is 10.4 Å². The van der Waals surface area contributed by atoms with Crippen LogP contribution < -0.4 is 5.48 Å². The number of hydrogen-bond donors (Lipinski definition) is 1. The normalized spacial score (nSPS) is 22.6. The summed E-state index contributed by atoms with van der Waals surface area (Å²) >= 11 is 0. The maximum absolute atomic E-state index is 9.45. The molecule has 3 rings (SSSR count). The van der Waals surface area contributed by atoms with Crippen LogP contribution in [0.25, 0.3) is 6.08 Å². The second-order valence-electron chi connectivity index (χ2n) is 4.71. The summed E-state index contributed by atoms with van der Waals surface area (Å²) in [6.45, 7) is 1.10. The van der Waals surface area contributed by atoms with Gasteiger partial charge in [-0.15, -0.1) is 0 Å². The molecule has 0 bridgehead atoms. The van der Waals surface area contributed by atoms with E-state index in [1.807, 2.05) is 18.2 Å². The molecule has 1 aromatic heterocycles. The van der Waals surface area contributed by atoms with Gasteiger partial charge in [-0.25, -0.2) is 5.48 Å². The van der Waals surface area contributed by atoms with Gasteiger partial charge < -0.3 is 9.57 Å². The van der Waals surface area contributed by atoms with Gasteiger partial charge in [-0.3, -0.25) is 4.98 Å². The molecule has 0 spiro atoms. The van der Waals surface area contributed by atoms with Crippen LogP contribution in [0.5, 0.6) is 0 Å². The molecule has 1 aromatic rings. The van der Waals surface area contributed by atoms with E-state index in [2.05, 4.69) is 21.5 Å². The van der Waals surface area contributed by atoms with Crippen molar-refractivity contribution in [2.75, 3.05) is 13.2 Å². The van der Waals surface area contributed by atoms with E-state index in [1.54, 1.807) is 12.3 Å². The molecule has 20 heavy (non-hydrogen) atoms. The minimum atomic E-state index is -0.690. The maximum atomic E-state index is 9.45. The molecule has 2 aliphatic heterocycles. The lowest BCUT2D eigenvalue weighted by Crippen LogP contribution is -2.37. The summed E-state index contributed by atoms with van der Waals surface area (Å²) in [4.78, 5) is 14.0. The Morgan fingerprint density at radius 3 is 2.90 bits per heavy atom. The molecule has 6 heteroatoms. The van der Waals surface area contributed by atoms with E-state index >= 15 is 0 Å². The summed E-state index contributed by atoms with van der Waals surface area (Å²) in [5.41, 5.74) is 2.83. The van der Waals surface area contributed by atoms with E-state index in [9.17, 15) is 5.26 Å². The first kappa shape index (κ1) is 12.6. The first-order valence-electron chi connectivity index (χ1n) is 6.46. The Morgan fingerprint density at radius 2 is 2.20 bits per heavy atom.